The number of imide groups is 1. The number of alkyl halides is 3. The second kappa shape index (κ2) is 6.89. The number of benzene rings is 1. The molecule has 2 unspecified atom stereocenters. The number of hydrogen-bond donors (Lipinski definition) is 1. The van der Waals surface area contributed by atoms with Crippen LogP contribution in [0, 0.1) is 5.92 Å². The van der Waals surface area contributed by atoms with Crippen LogP contribution in [0.1, 0.15) is 20.3 Å². The maximum absolute atomic E-state index is 13.3. The minimum atomic E-state index is -4.82. The second-order valence-electron chi connectivity index (χ2n) is 7.26. The van der Waals surface area contributed by atoms with Crippen LogP contribution in [0.3, 0.4) is 0 Å². The maximum Gasteiger partial charge on any atom is 0.573 e. The van der Waals surface area contributed by atoms with Crippen molar-refractivity contribution in [2.45, 2.75) is 32.2 Å². The van der Waals surface area contributed by atoms with Crippen molar-refractivity contribution in [3.63, 3.8) is 0 Å². The Bertz CT molecular complexity index is 996. The highest BCUT2D eigenvalue weighted by Crippen LogP contribution is 2.55. The second-order valence-corrected chi connectivity index (χ2v) is 7.26. The fraction of sp³-hybridized carbons (Fsp3) is 0.350. The summed E-state index contributed by atoms with van der Waals surface area (Å²) in [6.45, 7) is 4.44. The number of aromatic nitrogens is 1. The molecule has 1 saturated carbocycles. The van der Waals surface area contributed by atoms with Crippen LogP contribution in [0.4, 0.5) is 35.2 Å². The van der Waals surface area contributed by atoms with E-state index < -0.39 is 29.6 Å². The molecule has 30 heavy (non-hydrogen) atoms. The average molecular weight is 420 g/mol. The van der Waals surface area contributed by atoms with Crippen molar-refractivity contribution in [3.05, 3.63) is 42.6 Å². The number of amides is 3. The van der Waals surface area contributed by atoms with Gasteiger partial charge in [0.15, 0.2) is 0 Å². The van der Waals surface area contributed by atoms with Crippen LogP contribution >= 0.6 is 0 Å². The highest BCUT2D eigenvalue weighted by molar-refractivity contribution is 6.31. The van der Waals surface area contributed by atoms with Gasteiger partial charge in [0.2, 0.25) is 0 Å². The van der Waals surface area contributed by atoms with Crippen LogP contribution < -0.4 is 19.9 Å². The predicted molar refractivity (Wildman–Crippen MR) is 103 cm³/mol. The van der Waals surface area contributed by atoms with E-state index in [9.17, 15) is 22.8 Å². The van der Waals surface area contributed by atoms with Crippen LogP contribution in [0.15, 0.2) is 42.6 Å². The van der Waals surface area contributed by atoms with Crippen molar-refractivity contribution >= 4 is 29.1 Å². The molecule has 1 aromatic carbocycles. The molecule has 1 aromatic heterocycles. The molecule has 2 aliphatic rings. The number of ether oxygens (including phenoxy) is 1. The summed E-state index contributed by atoms with van der Waals surface area (Å²) < 4.78 is 41.0. The molecule has 3 amide bonds. The van der Waals surface area contributed by atoms with Gasteiger partial charge in [-0.2, -0.15) is 0 Å². The number of pyridine rings is 1. The summed E-state index contributed by atoms with van der Waals surface area (Å²) >= 11 is 0. The largest absolute Gasteiger partial charge is 0.573 e. The van der Waals surface area contributed by atoms with Gasteiger partial charge in [-0.3, -0.25) is 9.69 Å². The smallest absolute Gasteiger partial charge is 0.406 e. The van der Waals surface area contributed by atoms with Crippen molar-refractivity contribution in [2.24, 2.45) is 5.92 Å². The van der Waals surface area contributed by atoms with Crippen molar-refractivity contribution in [1.29, 1.82) is 0 Å². The third kappa shape index (κ3) is 3.21. The van der Waals surface area contributed by atoms with Gasteiger partial charge in [-0.25, -0.2) is 14.7 Å². The Balaban J connectivity index is 1.68. The Morgan fingerprint density at radius 3 is 2.43 bits per heavy atom. The van der Waals surface area contributed by atoms with E-state index in [-0.39, 0.29) is 11.6 Å². The Morgan fingerprint density at radius 2 is 1.87 bits per heavy atom. The molecule has 7 nitrogen and oxygen atoms in total. The number of rotatable bonds is 5. The first kappa shape index (κ1) is 20.0. The predicted octanol–water partition coefficient (Wildman–Crippen LogP) is 4.16. The molecule has 1 spiro atoms. The van der Waals surface area contributed by atoms with E-state index in [4.69, 9.17) is 0 Å². The van der Waals surface area contributed by atoms with Gasteiger partial charge in [0, 0.05) is 18.8 Å². The number of carbonyl (C=O) groups is 2. The maximum atomic E-state index is 13.3. The molecule has 1 saturated heterocycles. The van der Waals surface area contributed by atoms with Crippen LogP contribution in [-0.2, 0) is 4.79 Å². The molecule has 2 heterocycles. The minimum Gasteiger partial charge on any atom is -0.406 e. The number of urea groups is 1. The topological polar surface area (TPSA) is 74.8 Å². The molecule has 1 aliphatic carbocycles. The Morgan fingerprint density at radius 1 is 1.20 bits per heavy atom. The van der Waals surface area contributed by atoms with E-state index in [2.05, 4.69) is 15.0 Å². The molecule has 0 bridgehead atoms. The molecule has 10 heteroatoms. The molecule has 158 valence electrons. The first-order valence-electron chi connectivity index (χ1n) is 9.42. The first-order valence-corrected chi connectivity index (χ1v) is 9.42. The number of nitrogens with one attached hydrogen (secondary N) is 1. The third-order valence-corrected chi connectivity index (χ3v) is 5.32. The molecule has 1 aliphatic heterocycles. The summed E-state index contributed by atoms with van der Waals surface area (Å²) in [5.74, 6) is -0.305. The van der Waals surface area contributed by atoms with Crippen LogP contribution in [0.5, 0.6) is 5.75 Å². The highest BCUT2D eigenvalue weighted by atomic mass is 19.4. The molecule has 0 radical (unpaired) electrons. The monoisotopic (exact) mass is 420 g/mol. The van der Waals surface area contributed by atoms with Crippen molar-refractivity contribution in [3.8, 4) is 5.75 Å². The van der Waals surface area contributed by atoms with Gasteiger partial charge in [0.1, 0.15) is 17.1 Å². The number of anilines is 3. The summed E-state index contributed by atoms with van der Waals surface area (Å²) in [6, 6.07) is 7.47. The Labute approximate surface area is 170 Å². The minimum absolute atomic E-state index is 0.0532. The number of carbonyl (C=O) groups excluding carboxylic acids is 2. The molecule has 2 aromatic rings. The van der Waals surface area contributed by atoms with Gasteiger partial charge in [-0.1, -0.05) is 6.92 Å². The lowest BCUT2D eigenvalue weighted by Gasteiger charge is -2.22. The zero-order valence-corrected chi connectivity index (χ0v) is 16.2. The lowest BCUT2D eigenvalue weighted by atomic mass is 10.1. The Kier molecular flexibility index (Phi) is 4.59. The van der Waals surface area contributed by atoms with Crippen molar-refractivity contribution < 1.29 is 27.5 Å². The van der Waals surface area contributed by atoms with E-state index in [1.165, 1.54) is 17.0 Å². The molecule has 2 atom stereocenters. The number of nitrogens with zero attached hydrogens (tertiary/aromatic N) is 3. The van der Waals surface area contributed by atoms with Crippen molar-refractivity contribution in [2.75, 3.05) is 21.7 Å². The van der Waals surface area contributed by atoms with Crippen LogP contribution in [0.2, 0.25) is 0 Å². The van der Waals surface area contributed by atoms with Gasteiger partial charge in [0.05, 0.1) is 11.4 Å². The molecular formula is C20H19F3N4O3. The lowest BCUT2D eigenvalue weighted by molar-refractivity contribution is -0.274. The fourth-order valence-corrected chi connectivity index (χ4v) is 3.87. The van der Waals surface area contributed by atoms with E-state index in [1.54, 1.807) is 18.3 Å². The molecule has 4 rings (SSSR count). The van der Waals surface area contributed by atoms with Gasteiger partial charge < -0.3 is 10.1 Å². The molecular weight excluding hydrogens is 401 g/mol. The lowest BCUT2D eigenvalue weighted by Crippen LogP contribution is -2.39. The van der Waals surface area contributed by atoms with Crippen LogP contribution in [0.25, 0.3) is 0 Å². The summed E-state index contributed by atoms with van der Waals surface area (Å²) in [4.78, 5) is 33.2. The van der Waals surface area contributed by atoms with E-state index in [0.717, 1.165) is 17.0 Å². The SMILES string of the molecule is CCNc1cc(N2C(=O)N(c3ccc(OC(F)(F)F)cc3)C(=O)C23CC3C)ccn1. The zero-order chi connectivity index (χ0) is 21.7. The highest BCUT2D eigenvalue weighted by Gasteiger charge is 2.70. The van der Waals surface area contributed by atoms with E-state index in [0.29, 0.717) is 24.5 Å². The van der Waals surface area contributed by atoms with Crippen LogP contribution in [-0.4, -0.2) is 35.4 Å². The zero-order valence-electron chi connectivity index (χ0n) is 16.2. The van der Waals surface area contributed by atoms with Gasteiger partial charge in [-0.15, -0.1) is 13.2 Å². The average Bonchev–Trinajstić information content (AvgIpc) is 3.28. The van der Waals surface area contributed by atoms with Crippen molar-refractivity contribution in [1.82, 2.24) is 4.98 Å². The third-order valence-electron chi connectivity index (χ3n) is 5.32. The van der Waals surface area contributed by atoms with Gasteiger partial charge in [0.25, 0.3) is 5.91 Å². The number of hydrogen-bond acceptors (Lipinski definition) is 5. The summed E-state index contributed by atoms with van der Waals surface area (Å²) in [7, 11) is 0. The summed E-state index contributed by atoms with van der Waals surface area (Å²) in [5.41, 5.74) is -0.284. The summed E-state index contributed by atoms with van der Waals surface area (Å²) in [5, 5.41) is 3.07. The van der Waals surface area contributed by atoms with E-state index >= 15 is 0 Å². The normalized spacial score (nSPS) is 23.3. The van der Waals surface area contributed by atoms with Gasteiger partial charge >= 0.3 is 12.4 Å². The summed E-state index contributed by atoms with van der Waals surface area (Å²) in [6.07, 6.45) is -2.77. The Hall–Kier alpha value is -3.30. The standard InChI is InChI=1S/C20H19F3N4O3/c1-3-24-16-10-14(8-9-25-16)27-18(29)26(17(28)19(27)11-12(19)2)13-4-6-15(7-5-13)30-20(21,22)23/h4-10,12H,3,11H2,1-2H3,(H,24,25). The van der Waals surface area contributed by atoms with Gasteiger partial charge in [-0.05, 0) is 49.6 Å². The quantitative estimate of drug-likeness (QED) is 0.735. The molecule has 1 N–H and O–H groups in total. The first-order chi connectivity index (χ1) is 14.2. The molecule has 2 fully saturated rings. The number of halogens is 3. The fourth-order valence-electron chi connectivity index (χ4n) is 3.87. The van der Waals surface area contributed by atoms with E-state index in [1.807, 2.05) is 13.8 Å².